The third kappa shape index (κ3) is 40.8. The Morgan fingerprint density at radius 1 is 0.571 bits per heavy atom. The molecule has 9 nitrogen and oxygen atoms in total. The fourth-order valence-electron chi connectivity index (χ4n) is 5.09. The maximum atomic E-state index is 12.7. The van der Waals surface area contributed by atoms with E-state index in [-0.39, 0.29) is 26.1 Å². The molecule has 1 N–H and O–H groups in total. The van der Waals surface area contributed by atoms with Gasteiger partial charge in [0.15, 0.2) is 6.10 Å². The van der Waals surface area contributed by atoms with Gasteiger partial charge in [0.2, 0.25) is 0 Å². The summed E-state index contributed by atoms with van der Waals surface area (Å²) in [5.74, 6) is -0.916. The molecule has 0 radical (unpaired) electrons. The number of hydrogen-bond donors (Lipinski definition) is 1. The van der Waals surface area contributed by atoms with Crippen LogP contribution in [0, 0.1) is 0 Å². The zero-order valence-corrected chi connectivity index (χ0v) is 36.7. The van der Waals surface area contributed by atoms with E-state index < -0.39 is 32.5 Å². The first-order valence-electron chi connectivity index (χ1n) is 21.3. The van der Waals surface area contributed by atoms with Crippen LogP contribution in [0.4, 0.5) is 0 Å². The fourth-order valence-corrected chi connectivity index (χ4v) is 5.83. The molecule has 0 aromatic carbocycles. The van der Waals surface area contributed by atoms with Crippen LogP contribution in [0.25, 0.3) is 0 Å². The Morgan fingerprint density at radius 3 is 1.59 bits per heavy atom. The van der Waals surface area contributed by atoms with Crippen LogP contribution < -0.4 is 0 Å². The van der Waals surface area contributed by atoms with Gasteiger partial charge in [-0.05, 0) is 77.0 Å². The molecule has 2 atom stereocenters. The quantitative estimate of drug-likeness (QED) is 0.0217. The topological polar surface area (TPSA) is 108 Å². The minimum atomic E-state index is -4.40. The molecular weight excluding hydrogens is 725 g/mol. The van der Waals surface area contributed by atoms with E-state index in [0.717, 1.165) is 77.0 Å². The molecule has 0 aliphatic carbocycles. The standard InChI is InChI=1S/C46H78NO8P/c1-6-8-10-12-14-16-18-20-21-22-23-24-25-27-28-30-32-34-36-38-45(48)52-42-44(43-54-56(50,51)53-41-40-47(3,4)5)55-46(49)39-37-35-33-31-29-26-19-17-15-13-11-9-7-2/h8,10,14,16-17,19-21,23-24,27-28,32,34,44H,6-7,9,11-13,15,18,22,25-26,29-31,33,35-43H2,1-5H3/p+1/b10-8-,16-14-,19-17-,21-20-,24-23-,28-27-,34-32-/t44-/m1/s1. The highest BCUT2D eigenvalue weighted by Gasteiger charge is 2.27. The summed E-state index contributed by atoms with van der Waals surface area (Å²) in [4.78, 5) is 35.3. The molecule has 1 unspecified atom stereocenters. The van der Waals surface area contributed by atoms with E-state index in [2.05, 4.69) is 86.8 Å². The summed E-state index contributed by atoms with van der Waals surface area (Å²) < 4.78 is 34.1. The van der Waals surface area contributed by atoms with Crippen molar-refractivity contribution in [2.75, 3.05) is 47.5 Å². The number of hydrogen-bond acceptors (Lipinski definition) is 7. The van der Waals surface area contributed by atoms with E-state index in [4.69, 9.17) is 18.5 Å². The smallest absolute Gasteiger partial charge is 0.462 e. The van der Waals surface area contributed by atoms with Gasteiger partial charge in [0.05, 0.1) is 27.7 Å². The van der Waals surface area contributed by atoms with Crippen molar-refractivity contribution in [3.63, 3.8) is 0 Å². The highest BCUT2D eigenvalue weighted by molar-refractivity contribution is 7.47. The third-order valence-corrected chi connectivity index (χ3v) is 9.41. The SMILES string of the molecule is CC/C=C\C/C=C\C/C=C\C/C=C\C/C=C\C/C=C\CCC(=O)OC[C@H](COP(=O)(O)OCC[N+](C)(C)C)OC(=O)CCCCCCC/C=C\CCCCCC. The monoisotopic (exact) mass is 805 g/mol. The van der Waals surface area contributed by atoms with E-state index >= 15 is 0 Å². The summed E-state index contributed by atoms with van der Waals surface area (Å²) >= 11 is 0. The molecule has 0 bridgehead atoms. The van der Waals surface area contributed by atoms with E-state index in [1.54, 1.807) is 0 Å². The molecule has 10 heteroatoms. The molecule has 0 rings (SSSR count). The van der Waals surface area contributed by atoms with Crippen molar-refractivity contribution < 1.29 is 42.1 Å². The van der Waals surface area contributed by atoms with Crippen LogP contribution in [0.1, 0.15) is 142 Å². The number of unbranched alkanes of at least 4 members (excludes halogenated alkanes) is 9. The first-order chi connectivity index (χ1) is 27.0. The number of carbonyl (C=O) groups excluding carboxylic acids is 2. The van der Waals surface area contributed by atoms with Crippen molar-refractivity contribution in [1.82, 2.24) is 0 Å². The molecule has 0 saturated carbocycles. The van der Waals surface area contributed by atoms with Crippen LogP contribution in [0.2, 0.25) is 0 Å². The lowest BCUT2D eigenvalue weighted by Gasteiger charge is -2.24. The second-order valence-corrected chi connectivity index (χ2v) is 16.4. The number of esters is 2. The molecule has 0 saturated heterocycles. The summed E-state index contributed by atoms with van der Waals surface area (Å²) in [6, 6.07) is 0. The normalized spacial score (nSPS) is 14.5. The molecule has 0 aliphatic rings. The molecule has 0 fully saturated rings. The summed E-state index contributed by atoms with van der Waals surface area (Å²) in [6.07, 6.45) is 47.9. The number of quaternary nitrogens is 1. The predicted molar refractivity (Wildman–Crippen MR) is 233 cm³/mol. The van der Waals surface area contributed by atoms with Gasteiger partial charge in [-0.3, -0.25) is 18.6 Å². The average Bonchev–Trinajstić information content (AvgIpc) is 3.15. The minimum Gasteiger partial charge on any atom is -0.462 e. The Kier molecular flexibility index (Phi) is 35.9. The van der Waals surface area contributed by atoms with Gasteiger partial charge in [0, 0.05) is 12.8 Å². The number of phosphoric acid groups is 1. The number of rotatable bonds is 37. The second-order valence-electron chi connectivity index (χ2n) is 15.0. The van der Waals surface area contributed by atoms with Crippen molar-refractivity contribution in [3.8, 4) is 0 Å². The van der Waals surface area contributed by atoms with Crippen LogP contribution in [0.15, 0.2) is 85.1 Å². The zero-order chi connectivity index (χ0) is 41.4. The largest absolute Gasteiger partial charge is 0.472 e. The summed E-state index contributed by atoms with van der Waals surface area (Å²) in [6.45, 7) is 4.17. The van der Waals surface area contributed by atoms with E-state index in [1.165, 1.54) is 25.7 Å². The minimum absolute atomic E-state index is 0.0145. The van der Waals surface area contributed by atoms with Gasteiger partial charge < -0.3 is 18.9 Å². The Labute approximate surface area is 341 Å². The van der Waals surface area contributed by atoms with Gasteiger partial charge in [-0.1, -0.05) is 137 Å². The summed E-state index contributed by atoms with van der Waals surface area (Å²) in [7, 11) is 1.42. The van der Waals surface area contributed by atoms with E-state index in [0.29, 0.717) is 23.9 Å². The van der Waals surface area contributed by atoms with Crippen LogP contribution >= 0.6 is 7.82 Å². The Balaban J connectivity index is 4.52. The molecule has 0 aromatic rings. The molecular formula is C46H79NO8P+. The Morgan fingerprint density at radius 2 is 1.05 bits per heavy atom. The maximum Gasteiger partial charge on any atom is 0.472 e. The molecule has 0 aromatic heterocycles. The number of phosphoric ester groups is 1. The molecule has 320 valence electrons. The lowest BCUT2D eigenvalue weighted by Crippen LogP contribution is -2.37. The van der Waals surface area contributed by atoms with Crippen molar-refractivity contribution in [1.29, 1.82) is 0 Å². The Bertz CT molecular complexity index is 1230. The number of nitrogens with zero attached hydrogens (tertiary/aromatic N) is 1. The van der Waals surface area contributed by atoms with Gasteiger partial charge >= 0.3 is 19.8 Å². The van der Waals surface area contributed by atoms with Gasteiger partial charge in [-0.15, -0.1) is 0 Å². The van der Waals surface area contributed by atoms with Gasteiger partial charge in [-0.25, -0.2) is 4.57 Å². The lowest BCUT2D eigenvalue weighted by atomic mass is 10.1. The molecule has 0 aliphatic heterocycles. The molecule has 0 spiro atoms. The number of likely N-dealkylation sites (N-methyl/N-ethyl adjacent to an activating group) is 1. The Hall–Kier alpha value is -2.81. The maximum absolute atomic E-state index is 12.7. The van der Waals surface area contributed by atoms with Crippen LogP contribution in [-0.4, -0.2) is 74.9 Å². The molecule has 56 heavy (non-hydrogen) atoms. The van der Waals surface area contributed by atoms with Crippen LogP contribution in [0.3, 0.4) is 0 Å². The molecule has 0 amide bonds. The second kappa shape index (κ2) is 37.7. The van der Waals surface area contributed by atoms with Crippen molar-refractivity contribution in [2.45, 2.75) is 148 Å². The number of allylic oxidation sites excluding steroid dienone is 14. The lowest BCUT2D eigenvalue weighted by molar-refractivity contribution is -0.870. The predicted octanol–water partition coefficient (Wildman–Crippen LogP) is 12.0. The van der Waals surface area contributed by atoms with Crippen molar-refractivity contribution in [3.05, 3.63) is 85.1 Å². The van der Waals surface area contributed by atoms with Crippen molar-refractivity contribution >= 4 is 19.8 Å². The van der Waals surface area contributed by atoms with Gasteiger partial charge in [0.25, 0.3) is 0 Å². The fraction of sp³-hybridized carbons (Fsp3) is 0.652. The number of carbonyl (C=O) groups is 2. The zero-order valence-electron chi connectivity index (χ0n) is 35.8. The highest BCUT2D eigenvalue weighted by atomic mass is 31.2. The average molecular weight is 805 g/mol. The first kappa shape index (κ1) is 53.2. The third-order valence-electron chi connectivity index (χ3n) is 8.42. The van der Waals surface area contributed by atoms with E-state index in [9.17, 15) is 19.0 Å². The van der Waals surface area contributed by atoms with E-state index in [1.807, 2.05) is 33.3 Å². The first-order valence-corrected chi connectivity index (χ1v) is 22.8. The highest BCUT2D eigenvalue weighted by Crippen LogP contribution is 2.43. The van der Waals surface area contributed by atoms with Gasteiger partial charge in [-0.2, -0.15) is 0 Å². The summed E-state index contributed by atoms with van der Waals surface area (Å²) in [5, 5.41) is 0. The van der Waals surface area contributed by atoms with Crippen LogP contribution in [0.5, 0.6) is 0 Å². The molecule has 0 heterocycles. The summed E-state index contributed by atoms with van der Waals surface area (Å²) in [5.41, 5.74) is 0. The van der Waals surface area contributed by atoms with Crippen LogP contribution in [-0.2, 0) is 32.7 Å². The van der Waals surface area contributed by atoms with Gasteiger partial charge in [0.1, 0.15) is 19.8 Å². The van der Waals surface area contributed by atoms with Crippen molar-refractivity contribution in [2.24, 2.45) is 0 Å². The number of ether oxygens (including phenoxy) is 2.